The topological polar surface area (TPSA) is 373 Å². The molecule has 8 fully saturated rings. The highest BCUT2D eigenvalue weighted by Gasteiger charge is 2.63. The van der Waals surface area contributed by atoms with Crippen molar-refractivity contribution in [2.24, 2.45) is 57.7 Å². The minimum Gasteiger partial charge on any atom is -0.458 e. The molecule has 8 aliphatic heterocycles. The lowest BCUT2D eigenvalue weighted by Gasteiger charge is -2.50. The van der Waals surface area contributed by atoms with Gasteiger partial charge in [0.2, 0.25) is 0 Å². The number of hydrogen-bond donors (Lipinski definition) is 1. The second-order valence-corrected chi connectivity index (χ2v) is 42.2. The van der Waals surface area contributed by atoms with E-state index in [1.54, 1.807) is 69.1 Å². The van der Waals surface area contributed by atoms with Gasteiger partial charge in [0, 0.05) is 128 Å². The lowest BCUT2D eigenvalue weighted by atomic mass is 9.73. The van der Waals surface area contributed by atoms with E-state index in [4.69, 9.17) is 126 Å². The molecule has 0 spiro atoms. The molecule has 8 saturated heterocycles. The summed E-state index contributed by atoms with van der Waals surface area (Å²) in [6.07, 6.45) is -13.5. The normalized spacial score (nSPS) is 40.3. The van der Waals surface area contributed by atoms with Crippen LogP contribution >= 0.6 is 11.6 Å². The van der Waals surface area contributed by atoms with Crippen LogP contribution in [0, 0.1) is 47.3 Å². The summed E-state index contributed by atoms with van der Waals surface area (Å²) in [5.74, 6) is -7.99. The van der Waals surface area contributed by atoms with E-state index in [9.17, 15) is 29.2 Å². The van der Waals surface area contributed by atoms with Crippen molar-refractivity contribution < 1.29 is 143 Å². The zero-order valence-electron chi connectivity index (χ0n) is 90.4. The Bertz CT molecular complexity index is 4140. The minimum atomic E-state index is -1.46. The van der Waals surface area contributed by atoms with Crippen LogP contribution in [0.15, 0.2) is 34.6 Å². The fourth-order valence-electron chi connectivity index (χ4n) is 22.9. The van der Waals surface area contributed by atoms with E-state index < -0.39 is 228 Å². The SMILES string of the molecule is C.CC[C@H]1OC(=O)[C@H](C)[C@@H](O[C@H]2C[C@@](C)(OC)[C@@H](OCCCN(CC)CC)[C@H](C)O2)[C@H](C)[C@@H](O[C@@H]2O[C@H](C)C[C@H](N(C)C)[C@H]2OC(C)=O)[C@](C)(OC)C[C@@H](C)/C(=N\O)[C@H](C)[C@H]2OC(=O)O[C@@]21C.CC[C@H]1OC(=O)[C@H](C)[C@@H](O[C@H]2C[C@@](C)(OC)[C@@H](OCCCN(CC)CC)[C@H](C)O2)[C@H](C)[C@@H](O[C@@H]2O[C@H](C)C[C@H](N(C)C)[C@H]2OC(C)=O)[C@](C)(OC)C[C@@H](C)/C(=N\OCc2ccccc2Cl)[C@H](C)[C@H]2OC(=O)O[C@@]21C. The van der Waals surface area contributed by atoms with Crippen molar-refractivity contribution in [2.45, 2.75) is 427 Å². The summed E-state index contributed by atoms with van der Waals surface area (Å²) in [7, 11) is 14.2. The molecule has 1 N–H and O–H groups in total. The maximum absolute atomic E-state index is 15.1. The quantitative estimate of drug-likeness (QED) is 0.0217. The van der Waals surface area contributed by atoms with Crippen LogP contribution in [-0.4, -0.2) is 350 Å². The summed E-state index contributed by atoms with van der Waals surface area (Å²) in [5.41, 5.74) is -5.56. The average molecular weight is 2030 g/mol. The van der Waals surface area contributed by atoms with Crippen molar-refractivity contribution in [3.8, 4) is 0 Å². The predicted molar refractivity (Wildman–Crippen MR) is 529 cm³/mol. The minimum absolute atomic E-state index is 0. The van der Waals surface area contributed by atoms with E-state index in [1.165, 1.54) is 13.8 Å². The van der Waals surface area contributed by atoms with Gasteiger partial charge in [-0.3, -0.25) is 19.2 Å². The number of rotatable bonds is 35. The molecule has 0 aliphatic carbocycles. The highest BCUT2D eigenvalue weighted by Crippen LogP contribution is 2.49. The Balaban J connectivity index is 0.000000383. The largest absolute Gasteiger partial charge is 0.509 e. The van der Waals surface area contributed by atoms with E-state index in [2.05, 4.69) is 42.7 Å². The third-order valence-corrected chi connectivity index (χ3v) is 31.5. The lowest BCUT2D eigenvalue weighted by molar-refractivity contribution is -0.322. The summed E-state index contributed by atoms with van der Waals surface area (Å²) in [5, 5.41) is 19.8. The van der Waals surface area contributed by atoms with E-state index in [1.807, 2.05) is 160 Å². The van der Waals surface area contributed by atoms with Crippen molar-refractivity contribution in [2.75, 3.05) is 109 Å². The van der Waals surface area contributed by atoms with Crippen LogP contribution in [0.1, 0.15) is 257 Å². The number of likely N-dealkylation sites (N-methyl/N-ethyl adjacent to an activating group) is 2. The maximum Gasteiger partial charge on any atom is 0.509 e. The summed E-state index contributed by atoms with van der Waals surface area (Å²) in [6.45, 7) is 55.6. The molecule has 0 unspecified atom stereocenters. The van der Waals surface area contributed by atoms with Crippen molar-refractivity contribution >= 4 is 59.2 Å². The third kappa shape index (κ3) is 29.6. The fourth-order valence-corrected chi connectivity index (χ4v) is 23.0. The molecule has 36 nitrogen and oxygen atoms in total. The zero-order valence-corrected chi connectivity index (χ0v) is 91.2. The number of halogens is 1. The number of carbonyl (C=O) groups is 6. The van der Waals surface area contributed by atoms with Gasteiger partial charge in [0.25, 0.3) is 0 Å². The molecule has 8 heterocycles. The molecule has 0 saturated carbocycles. The zero-order chi connectivity index (χ0) is 104. The standard InChI is InChI=1S/C55H90ClN3O15.C48H85N3O15.CH4/c1-18-42-55(13)48(73-52(62)74-55)34(6)44(57-66-31-39-24-21-22-25-40(39)56)32(4)29-53(11,63-16)47(72-51-46(69-38(10)60)41(58(14)15)28-33(5)67-51)35(7)45(36(8)50(61)70-42)71-43-30-54(12,64-17)49(37(9)68-43)65-27-23-26-59(19-2)20-3;1-18-35-48(13)41(65-45(54)66-48)29(6)37(49-55)27(4)25-46(11,56-16)40(64-44-39(61-33(10)52)34(50(14)15)24-28(5)59-44)30(7)38(31(8)43(53)62-35)63-36-26-47(12,57-17)42(32(9)60-36)58-23-21-22-51(19-2)20-3;/h21-22,24-25,32-37,41-43,45-49,51H,18-20,23,26-31H2,1-17H3;27-32,34-36,38-42,44,55H,18-26H2,1-17H3;1H4/b57-44+;49-37+;/t32-,33-,34+,35+,36-,37+,41+,42-,43+,45+,46-,47-,48-,49+,51+,53-,54-,55-;27-,28-,29+,30+,31-,32+,34+,35-,36+,38+,39-,40-,41-,42+,44+,46-,47-,48-;/m11./s1. The number of nitrogens with zero attached hydrogens (tertiary/aromatic N) is 6. The van der Waals surface area contributed by atoms with E-state index in [0.717, 1.165) is 57.7 Å². The second-order valence-electron chi connectivity index (χ2n) is 41.8. The van der Waals surface area contributed by atoms with Gasteiger partial charge in [0.1, 0.15) is 31.0 Å². The number of oxime groups is 2. The van der Waals surface area contributed by atoms with Crippen LogP contribution in [0.4, 0.5) is 9.59 Å². The Labute approximate surface area is 846 Å². The smallest absolute Gasteiger partial charge is 0.458 e. The maximum atomic E-state index is 15.1. The Morgan fingerprint density at radius 1 is 0.482 bits per heavy atom. The number of methoxy groups -OCH3 is 4. The van der Waals surface area contributed by atoms with Crippen molar-refractivity contribution in [3.05, 3.63) is 34.9 Å². The molecule has 0 bridgehead atoms. The van der Waals surface area contributed by atoms with Crippen molar-refractivity contribution in [1.82, 2.24) is 19.6 Å². The Hall–Kier alpha value is -5.85. The number of esters is 4. The Kier molecular flexibility index (Phi) is 46.6. The van der Waals surface area contributed by atoms with Gasteiger partial charge in [0.15, 0.2) is 60.8 Å². The Morgan fingerprint density at radius 2 is 0.844 bits per heavy atom. The third-order valence-electron chi connectivity index (χ3n) is 31.1. The molecule has 1 aromatic carbocycles. The number of fused-ring (bicyclic) bond motifs is 2. The molecule has 0 amide bonds. The van der Waals surface area contributed by atoms with Crippen LogP contribution in [-0.2, 0) is 135 Å². The fraction of sp³-hybridized carbons (Fsp3) is 0.865. The molecule has 141 heavy (non-hydrogen) atoms. The van der Waals surface area contributed by atoms with Crippen LogP contribution in [0.3, 0.4) is 0 Å². The predicted octanol–water partition coefficient (Wildman–Crippen LogP) is 15.5. The summed E-state index contributed by atoms with van der Waals surface area (Å²) < 4.78 is 143. The molecular weight excluding hydrogens is 1850 g/mol. The molecule has 0 aromatic heterocycles. The first kappa shape index (κ1) is 122. The average Bonchev–Trinajstić information content (AvgIpc) is 1.10. The van der Waals surface area contributed by atoms with Gasteiger partial charge in [-0.05, 0) is 195 Å². The number of benzene rings is 1. The highest BCUT2D eigenvalue weighted by atomic mass is 35.5. The Morgan fingerprint density at radius 3 is 1.18 bits per heavy atom. The molecular formula is C104H179ClN6O30. The highest BCUT2D eigenvalue weighted by molar-refractivity contribution is 6.31. The van der Waals surface area contributed by atoms with Gasteiger partial charge in [-0.1, -0.05) is 131 Å². The number of ether oxygens (including phenoxy) is 22. The van der Waals surface area contributed by atoms with Crippen LogP contribution in [0.2, 0.25) is 5.02 Å². The van der Waals surface area contributed by atoms with Crippen LogP contribution in [0.25, 0.3) is 0 Å². The first-order valence-corrected chi connectivity index (χ1v) is 51.4. The number of hydrogen-bond acceptors (Lipinski definition) is 36. The summed E-state index contributed by atoms with van der Waals surface area (Å²) in [6, 6.07) is 6.78. The van der Waals surface area contributed by atoms with E-state index in [0.29, 0.717) is 42.5 Å². The van der Waals surface area contributed by atoms with Crippen molar-refractivity contribution in [3.63, 3.8) is 0 Å². The van der Waals surface area contributed by atoms with Gasteiger partial charge in [-0.2, -0.15) is 0 Å². The van der Waals surface area contributed by atoms with Gasteiger partial charge in [-0.25, -0.2) is 9.59 Å². The molecule has 36 atom stereocenters. The molecule has 9 rings (SSSR count). The van der Waals surface area contributed by atoms with Gasteiger partial charge in [0.05, 0.1) is 107 Å². The molecule has 0 radical (unpaired) electrons. The van der Waals surface area contributed by atoms with Gasteiger partial charge < -0.3 is 134 Å². The van der Waals surface area contributed by atoms with Gasteiger partial charge >= 0.3 is 36.2 Å². The molecule has 1 aromatic rings. The first-order valence-electron chi connectivity index (χ1n) is 51.0. The number of carbonyl (C=O) groups excluding carboxylic acids is 6. The molecule has 812 valence electrons. The van der Waals surface area contributed by atoms with E-state index in [-0.39, 0.29) is 76.9 Å². The van der Waals surface area contributed by atoms with Crippen molar-refractivity contribution in [1.29, 1.82) is 0 Å². The second kappa shape index (κ2) is 53.9. The lowest BCUT2D eigenvalue weighted by Crippen LogP contribution is -2.62. The van der Waals surface area contributed by atoms with Crippen LogP contribution in [0.5, 0.6) is 0 Å². The first-order chi connectivity index (χ1) is 65.9. The summed E-state index contributed by atoms with van der Waals surface area (Å²) in [4.78, 5) is 96.7. The molecule has 37 heteroatoms. The number of cyclic esters (lactones) is 2. The summed E-state index contributed by atoms with van der Waals surface area (Å²) >= 11 is 6.56. The van der Waals surface area contributed by atoms with Crippen LogP contribution < -0.4 is 0 Å². The molecule has 8 aliphatic rings. The van der Waals surface area contributed by atoms with E-state index >= 15 is 4.79 Å². The van der Waals surface area contributed by atoms with Gasteiger partial charge in [-0.15, -0.1) is 0 Å². The monoisotopic (exact) mass is 2030 g/mol.